The fraction of sp³-hybridized carbons (Fsp3) is 1.00. The van der Waals surface area contributed by atoms with Crippen molar-refractivity contribution < 1.29 is 5.11 Å². The number of hydrogen-bond acceptors (Lipinski definition) is 1. The quantitative estimate of drug-likeness (QED) is 0.628. The van der Waals surface area contributed by atoms with Crippen LogP contribution in [0.3, 0.4) is 0 Å². The van der Waals surface area contributed by atoms with E-state index in [1.807, 2.05) is 0 Å². The van der Waals surface area contributed by atoms with Crippen molar-refractivity contribution in [3.05, 3.63) is 0 Å². The van der Waals surface area contributed by atoms with Crippen molar-refractivity contribution in [3.63, 3.8) is 0 Å². The molecule has 1 N–H and O–H groups in total. The minimum Gasteiger partial charge on any atom is -0.389 e. The van der Waals surface area contributed by atoms with Gasteiger partial charge >= 0.3 is 0 Å². The number of aliphatic hydroxyl groups is 1. The topological polar surface area (TPSA) is 20.2 Å². The molecule has 0 aromatic heterocycles. The average Bonchev–Trinajstić information content (AvgIpc) is 2.41. The Kier molecular flexibility index (Phi) is 1.56. The van der Waals surface area contributed by atoms with Crippen LogP contribution >= 0.6 is 0 Å². The van der Waals surface area contributed by atoms with Gasteiger partial charge in [-0.15, -0.1) is 0 Å². The molecule has 4 rings (SSSR count). The van der Waals surface area contributed by atoms with Gasteiger partial charge in [0, 0.05) is 0 Å². The molecule has 4 saturated carbocycles. The van der Waals surface area contributed by atoms with E-state index in [4.69, 9.17) is 0 Å². The molecule has 0 aliphatic heterocycles. The van der Waals surface area contributed by atoms with Gasteiger partial charge in [0.25, 0.3) is 0 Å². The second-order valence-corrected chi connectivity index (χ2v) is 6.62. The van der Waals surface area contributed by atoms with E-state index in [0.29, 0.717) is 5.92 Å². The normalized spacial score (nSPS) is 59.1. The molecule has 14 heavy (non-hydrogen) atoms. The first-order valence-electron chi connectivity index (χ1n) is 6.19. The highest BCUT2D eigenvalue weighted by atomic mass is 16.3. The summed E-state index contributed by atoms with van der Waals surface area (Å²) in [6.07, 6.45) is 5.10. The van der Waals surface area contributed by atoms with Gasteiger partial charge < -0.3 is 5.11 Å². The third kappa shape index (κ3) is 0.778. The molecule has 1 heteroatoms. The van der Waals surface area contributed by atoms with Crippen LogP contribution in [0.15, 0.2) is 0 Å². The van der Waals surface area contributed by atoms with E-state index in [1.165, 1.54) is 19.3 Å². The molecule has 0 heterocycles. The molecule has 0 aromatic rings. The van der Waals surface area contributed by atoms with Gasteiger partial charge in [-0.05, 0) is 54.8 Å². The van der Waals surface area contributed by atoms with E-state index in [2.05, 4.69) is 20.8 Å². The van der Waals surface area contributed by atoms with Crippen molar-refractivity contribution in [1.82, 2.24) is 0 Å². The lowest BCUT2D eigenvalue weighted by Gasteiger charge is -2.61. The van der Waals surface area contributed by atoms with Crippen molar-refractivity contribution in [2.24, 2.45) is 29.1 Å². The molecule has 80 valence electrons. The maximum Gasteiger partial charge on any atom is 0.0734 e. The van der Waals surface area contributed by atoms with Crippen molar-refractivity contribution in [2.75, 3.05) is 0 Å². The van der Waals surface area contributed by atoms with Crippen LogP contribution in [-0.2, 0) is 0 Å². The van der Waals surface area contributed by atoms with E-state index < -0.39 is 0 Å². The fourth-order valence-electron chi connectivity index (χ4n) is 5.09. The minimum atomic E-state index is -0.321. The Bertz CT molecular complexity index is 270. The third-order valence-electron chi connectivity index (χ3n) is 5.95. The Balaban J connectivity index is 2.10. The van der Waals surface area contributed by atoms with Gasteiger partial charge in [0.1, 0.15) is 0 Å². The summed E-state index contributed by atoms with van der Waals surface area (Å²) in [6.45, 7) is 6.96. The van der Waals surface area contributed by atoms with Gasteiger partial charge in [0.2, 0.25) is 0 Å². The monoisotopic (exact) mass is 194 g/mol. The molecule has 0 aromatic carbocycles. The Morgan fingerprint density at radius 1 is 1.21 bits per heavy atom. The first-order valence-corrected chi connectivity index (χ1v) is 6.19. The van der Waals surface area contributed by atoms with Crippen LogP contribution in [0.1, 0.15) is 46.5 Å². The minimum absolute atomic E-state index is 0.178. The lowest BCUT2D eigenvalue weighted by molar-refractivity contribution is -0.204. The summed E-state index contributed by atoms with van der Waals surface area (Å²) >= 11 is 0. The van der Waals surface area contributed by atoms with E-state index in [-0.39, 0.29) is 11.0 Å². The first kappa shape index (κ1) is 9.21. The highest BCUT2D eigenvalue weighted by molar-refractivity contribution is 5.16. The van der Waals surface area contributed by atoms with Crippen LogP contribution in [0.2, 0.25) is 0 Å². The maximum absolute atomic E-state index is 10.9. The molecular weight excluding hydrogens is 172 g/mol. The molecule has 0 amide bonds. The summed E-state index contributed by atoms with van der Waals surface area (Å²) in [5.41, 5.74) is -0.143. The van der Waals surface area contributed by atoms with Gasteiger partial charge in [-0.1, -0.05) is 20.8 Å². The van der Waals surface area contributed by atoms with Crippen LogP contribution in [0.5, 0.6) is 0 Å². The van der Waals surface area contributed by atoms with E-state index in [1.54, 1.807) is 0 Å². The molecule has 4 fully saturated rings. The second-order valence-electron chi connectivity index (χ2n) is 6.62. The fourth-order valence-corrected chi connectivity index (χ4v) is 5.09. The van der Waals surface area contributed by atoms with Crippen LogP contribution in [-0.4, -0.2) is 10.7 Å². The van der Waals surface area contributed by atoms with Crippen LogP contribution in [0.25, 0.3) is 0 Å². The van der Waals surface area contributed by atoms with Gasteiger partial charge in [0.05, 0.1) is 5.60 Å². The van der Waals surface area contributed by atoms with Crippen molar-refractivity contribution in [3.8, 4) is 0 Å². The molecule has 4 aliphatic rings. The molecular formula is C13H22O. The van der Waals surface area contributed by atoms with Crippen molar-refractivity contribution >= 4 is 0 Å². The standard InChI is InChI=1S/C13H22O/c1-8-6-10-7-9-4-5-13(14,11(8)9)12(10,2)3/h8-11,14H,4-7H2,1-3H3/t8-,9?,10?,11?,13?/m1/s1. The van der Waals surface area contributed by atoms with Crippen molar-refractivity contribution in [2.45, 2.75) is 52.1 Å². The summed E-state index contributed by atoms with van der Waals surface area (Å²) in [5, 5.41) is 10.9. The molecule has 1 nitrogen and oxygen atoms in total. The molecule has 0 saturated heterocycles. The zero-order chi connectivity index (χ0) is 10.1. The zero-order valence-corrected chi connectivity index (χ0v) is 9.59. The van der Waals surface area contributed by atoms with Crippen molar-refractivity contribution in [1.29, 1.82) is 0 Å². The predicted octanol–water partition coefficient (Wildman–Crippen LogP) is 2.83. The summed E-state index contributed by atoms with van der Waals surface area (Å²) in [6, 6.07) is 0. The molecule has 0 spiro atoms. The second kappa shape index (κ2) is 2.37. The van der Waals surface area contributed by atoms with Gasteiger partial charge in [-0.2, -0.15) is 0 Å². The first-order chi connectivity index (χ1) is 6.47. The molecule has 4 bridgehead atoms. The highest BCUT2D eigenvalue weighted by Crippen LogP contribution is 2.67. The van der Waals surface area contributed by atoms with E-state index >= 15 is 0 Å². The number of fused-ring (bicyclic) bond motifs is 1. The number of hydrogen-bond donors (Lipinski definition) is 1. The van der Waals surface area contributed by atoms with Crippen LogP contribution < -0.4 is 0 Å². The summed E-state index contributed by atoms with van der Waals surface area (Å²) < 4.78 is 0. The lowest BCUT2D eigenvalue weighted by atomic mass is 9.47. The summed E-state index contributed by atoms with van der Waals surface area (Å²) in [5.74, 6) is 3.00. The number of rotatable bonds is 0. The lowest BCUT2D eigenvalue weighted by Crippen LogP contribution is -2.61. The molecule has 5 atom stereocenters. The largest absolute Gasteiger partial charge is 0.389 e. The Hall–Kier alpha value is -0.0400. The zero-order valence-electron chi connectivity index (χ0n) is 9.59. The third-order valence-corrected chi connectivity index (χ3v) is 5.95. The van der Waals surface area contributed by atoms with Gasteiger partial charge in [-0.3, -0.25) is 0 Å². The Morgan fingerprint density at radius 3 is 2.57 bits per heavy atom. The smallest absolute Gasteiger partial charge is 0.0734 e. The highest BCUT2D eigenvalue weighted by Gasteiger charge is 2.66. The maximum atomic E-state index is 10.9. The Labute approximate surface area is 86.9 Å². The average molecular weight is 194 g/mol. The van der Waals surface area contributed by atoms with Crippen LogP contribution in [0.4, 0.5) is 0 Å². The van der Waals surface area contributed by atoms with Crippen LogP contribution in [0, 0.1) is 29.1 Å². The predicted molar refractivity (Wildman–Crippen MR) is 56.8 cm³/mol. The van der Waals surface area contributed by atoms with Gasteiger partial charge in [-0.25, -0.2) is 0 Å². The molecule has 4 aliphatic carbocycles. The Morgan fingerprint density at radius 2 is 1.93 bits per heavy atom. The SMILES string of the molecule is C[C@@H]1CC2CC3CCC(O)(C31)C2(C)C. The van der Waals surface area contributed by atoms with E-state index in [0.717, 1.165) is 24.2 Å². The summed E-state index contributed by atoms with van der Waals surface area (Å²) in [4.78, 5) is 0. The molecule has 4 unspecified atom stereocenters. The molecule has 0 radical (unpaired) electrons. The van der Waals surface area contributed by atoms with Gasteiger partial charge in [0.15, 0.2) is 0 Å². The summed E-state index contributed by atoms with van der Waals surface area (Å²) in [7, 11) is 0. The van der Waals surface area contributed by atoms with E-state index in [9.17, 15) is 5.11 Å².